The average molecular weight is 718 g/mol. The van der Waals surface area contributed by atoms with Gasteiger partial charge in [-0.15, -0.1) is 0 Å². The molecule has 0 bridgehead atoms. The van der Waals surface area contributed by atoms with E-state index in [0.29, 0.717) is 0 Å². The first-order valence-corrected chi connectivity index (χ1v) is 19.1. The number of hydrogen-bond acceptors (Lipinski definition) is 2. The summed E-state index contributed by atoms with van der Waals surface area (Å²) in [6.45, 7) is 2.17. The van der Waals surface area contributed by atoms with Crippen molar-refractivity contribution in [2.45, 2.75) is 6.92 Å². The van der Waals surface area contributed by atoms with Crippen LogP contribution in [-0.4, -0.2) is 4.57 Å². The number of aromatic nitrogens is 1. The van der Waals surface area contributed by atoms with Crippen molar-refractivity contribution in [3.63, 3.8) is 0 Å². The Hall–Kier alpha value is -7.36. The van der Waals surface area contributed by atoms with Crippen molar-refractivity contribution in [2.24, 2.45) is 0 Å². The van der Waals surface area contributed by atoms with Crippen LogP contribution in [0, 0.1) is 6.92 Å². The maximum atomic E-state index is 6.99. The quantitative estimate of drug-likeness (QED) is 0.171. The molecule has 2 aromatic heterocycles. The highest BCUT2D eigenvalue weighted by molar-refractivity contribution is 6.11. The van der Waals surface area contributed by atoms with Crippen molar-refractivity contribution in [3.05, 3.63) is 200 Å². The summed E-state index contributed by atoms with van der Waals surface area (Å²) in [4.78, 5) is 0. The van der Waals surface area contributed by atoms with E-state index in [1.807, 2.05) is 12.1 Å². The van der Waals surface area contributed by atoms with E-state index >= 15 is 0 Å². The predicted octanol–water partition coefficient (Wildman–Crippen LogP) is 14.9. The Labute approximate surface area is 324 Å². The van der Waals surface area contributed by atoms with Gasteiger partial charge in [-0.05, 0) is 106 Å². The van der Waals surface area contributed by atoms with Crippen molar-refractivity contribution in [1.82, 2.24) is 4.57 Å². The lowest BCUT2D eigenvalue weighted by atomic mass is 9.94. The minimum Gasteiger partial charge on any atom is -0.456 e. The fourth-order valence-electron chi connectivity index (χ4n) is 8.51. The standard InChI is InChI=1S/C53H35NO2/c1-34-13-5-6-16-39(34)47-31-35(36-23-26-43-42-18-9-11-21-48(42)54(49(43)32-36)38-14-3-2-4-15-38)25-29-52(47)55-51-30-28-40(41-17-7-8-19-44(41)51)37-24-27-46-45-20-10-12-22-50(45)56-53(46)33-37/h2-33H,1H3. The summed E-state index contributed by atoms with van der Waals surface area (Å²) in [5.74, 6) is 1.62. The molecular formula is C53H35NO2. The van der Waals surface area contributed by atoms with Crippen LogP contribution in [0.15, 0.2) is 199 Å². The van der Waals surface area contributed by atoms with Crippen molar-refractivity contribution in [1.29, 1.82) is 0 Å². The van der Waals surface area contributed by atoms with E-state index in [9.17, 15) is 0 Å². The molecule has 0 unspecified atom stereocenters. The first kappa shape index (κ1) is 32.1. The lowest BCUT2D eigenvalue weighted by Crippen LogP contribution is -1.94. The first-order valence-electron chi connectivity index (χ1n) is 19.1. The number of furan rings is 1. The maximum Gasteiger partial charge on any atom is 0.136 e. The van der Waals surface area contributed by atoms with E-state index in [4.69, 9.17) is 9.15 Å². The summed E-state index contributed by atoms with van der Waals surface area (Å²) in [5, 5.41) is 6.91. The van der Waals surface area contributed by atoms with Gasteiger partial charge in [0.1, 0.15) is 22.7 Å². The van der Waals surface area contributed by atoms with Crippen LogP contribution in [0.4, 0.5) is 0 Å². The maximum absolute atomic E-state index is 6.99. The number of aryl methyl sites for hydroxylation is 1. The molecule has 11 rings (SSSR count). The van der Waals surface area contributed by atoms with Gasteiger partial charge in [-0.3, -0.25) is 0 Å². The number of para-hydroxylation sites is 3. The van der Waals surface area contributed by atoms with Gasteiger partial charge < -0.3 is 13.7 Å². The average Bonchev–Trinajstić information content (AvgIpc) is 3.79. The van der Waals surface area contributed by atoms with Crippen LogP contribution in [0.3, 0.4) is 0 Å². The second-order valence-corrected chi connectivity index (χ2v) is 14.5. The van der Waals surface area contributed by atoms with Gasteiger partial charge in [-0.25, -0.2) is 0 Å². The molecule has 3 heteroatoms. The third-order valence-electron chi connectivity index (χ3n) is 11.2. The van der Waals surface area contributed by atoms with Crippen LogP contribution in [0.25, 0.3) is 93.6 Å². The van der Waals surface area contributed by atoms with E-state index in [2.05, 4.69) is 193 Å². The van der Waals surface area contributed by atoms with Gasteiger partial charge in [-0.2, -0.15) is 0 Å². The van der Waals surface area contributed by atoms with Gasteiger partial charge in [0.2, 0.25) is 0 Å². The number of hydrogen-bond donors (Lipinski definition) is 0. The zero-order chi connectivity index (χ0) is 37.2. The van der Waals surface area contributed by atoms with Crippen LogP contribution in [0.1, 0.15) is 5.56 Å². The molecule has 0 fully saturated rings. The number of benzene rings is 9. The molecule has 0 spiro atoms. The molecule has 0 aliphatic rings. The third kappa shape index (κ3) is 5.20. The van der Waals surface area contributed by atoms with E-state index in [1.54, 1.807) is 0 Å². The van der Waals surface area contributed by atoms with Crippen molar-refractivity contribution in [3.8, 4) is 50.6 Å². The molecule has 0 aliphatic carbocycles. The molecule has 56 heavy (non-hydrogen) atoms. The fourth-order valence-corrected chi connectivity index (χ4v) is 8.51. The summed E-state index contributed by atoms with van der Waals surface area (Å²) < 4.78 is 15.6. The van der Waals surface area contributed by atoms with Crippen molar-refractivity contribution < 1.29 is 9.15 Å². The highest BCUT2D eigenvalue weighted by Crippen LogP contribution is 2.43. The molecule has 3 nitrogen and oxygen atoms in total. The van der Waals surface area contributed by atoms with Crippen molar-refractivity contribution in [2.75, 3.05) is 0 Å². The van der Waals surface area contributed by atoms with Crippen LogP contribution in [0.2, 0.25) is 0 Å². The van der Waals surface area contributed by atoms with Crippen molar-refractivity contribution >= 4 is 54.5 Å². The molecule has 2 heterocycles. The van der Waals surface area contributed by atoms with Gasteiger partial charge in [0.25, 0.3) is 0 Å². The monoisotopic (exact) mass is 717 g/mol. The molecule has 0 atom stereocenters. The number of fused-ring (bicyclic) bond motifs is 7. The van der Waals surface area contributed by atoms with E-state index in [-0.39, 0.29) is 0 Å². The lowest BCUT2D eigenvalue weighted by molar-refractivity contribution is 0.490. The molecule has 0 amide bonds. The topological polar surface area (TPSA) is 27.3 Å². The Kier molecular flexibility index (Phi) is 7.39. The van der Waals surface area contributed by atoms with Gasteiger partial charge in [0.05, 0.1) is 11.0 Å². The van der Waals surface area contributed by atoms with E-state index in [0.717, 1.165) is 83.3 Å². The molecule has 0 aliphatic heterocycles. The second kappa shape index (κ2) is 12.9. The van der Waals surface area contributed by atoms with Gasteiger partial charge in [0, 0.05) is 38.2 Å². The second-order valence-electron chi connectivity index (χ2n) is 14.5. The summed E-state index contributed by atoms with van der Waals surface area (Å²) in [5.41, 5.74) is 13.2. The van der Waals surface area contributed by atoms with Crippen LogP contribution >= 0.6 is 0 Å². The minimum absolute atomic E-state index is 0.809. The number of ether oxygens (including phenoxy) is 1. The van der Waals surface area contributed by atoms with Gasteiger partial charge in [0.15, 0.2) is 0 Å². The van der Waals surface area contributed by atoms with E-state index < -0.39 is 0 Å². The summed E-state index contributed by atoms with van der Waals surface area (Å²) in [6, 6.07) is 68.8. The summed E-state index contributed by atoms with van der Waals surface area (Å²) in [7, 11) is 0. The summed E-state index contributed by atoms with van der Waals surface area (Å²) in [6.07, 6.45) is 0. The first-order chi connectivity index (χ1) is 27.7. The SMILES string of the molecule is Cc1ccccc1-c1cc(-c2ccc3c4ccccc4n(-c4ccccc4)c3c2)ccc1Oc1ccc(-c2ccc3c(c2)oc2ccccc23)c2ccccc12. The molecule has 0 saturated heterocycles. The highest BCUT2D eigenvalue weighted by Gasteiger charge is 2.18. The molecular weight excluding hydrogens is 683 g/mol. The Balaban J connectivity index is 1.03. The largest absolute Gasteiger partial charge is 0.456 e. The van der Waals surface area contributed by atoms with E-state index in [1.165, 1.54) is 27.4 Å². The molecule has 9 aromatic carbocycles. The smallest absolute Gasteiger partial charge is 0.136 e. The molecule has 0 saturated carbocycles. The predicted molar refractivity (Wildman–Crippen MR) is 233 cm³/mol. The van der Waals surface area contributed by atoms with Crippen LogP contribution in [-0.2, 0) is 0 Å². The number of rotatable bonds is 6. The normalized spacial score (nSPS) is 11.7. The molecule has 0 radical (unpaired) electrons. The molecule has 264 valence electrons. The molecule has 11 aromatic rings. The number of nitrogens with zero attached hydrogens (tertiary/aromatic N) is 1. The highest BCUT2D eigenvalue weighted by atomic mass is 16.5. The Morgan fingerprint density at radius 2 is 1.00 bits per heavy atom. The Morgan fingerprint density at radius 3 is 1.88 bits per heavy atom. The molecule has 0 N–H and O–H groups in total. The Morgan fingerprint density at radius 1 is 0.375 bits per heavy atom. The van der Waals surface area contributed by atoms with Crippen LogP contribution in [0.5, 0.6) is 11.5 Å². The van der Waals surface area contributed by atoms with Gasteiger partial charge in [-0.1, -0.05) is 133 Å². The lowest BCUT2D eigenvalue weighted by Gasteiger charge is -2.17. The fraction of sp³-hybridized carbons (Fsp3) is 0.0189. The zero-order valence-corrected chi connectivity index (χ0v) is 30.7. The van der Waals surface area contributed by atoms with Crippen LogP contribution < -0.4 is 4.74 Å². The zero-order valence-electron chi connectivity index (χ0n) is 30.7. The third-order valence-corrected chi connectivity index (χ3v) is 11.2. The van der Waals surface area contributed by atoms with Gasteiger partial charge >= 0.3 is 0 Å². The minimum atomic E-state index is 0.809. The summed E-state index contributed by atoms with van der Waals surface area (Å²) >= 11 is 0. The Bertz CT molecular complexity index is 3290.